The minimum absolute atomic E-state index is 0.220. The van der Waals surface area contributed by atoms with E-state index in [2.05, 4.69) is 32.6 Å². The van der Waals surface area contributed by atoms with E-state index in [0.29, 0.717) is 38.3 Å². The van der Waals surface area contributed by atoms with Gasteiger partial charge in [-0.15, -0.1) is 0 Å². The fourth-order valence-corrected chi connectivity index (χ4v) is 2.29. The third kappa shape index (κ3) is 7.34. The van der Waals surface area contributed by atoms with E-state index in [1.54, 1.807) is 12.1 Å². The molecule has 1 aromatic carbocycles. The third-order valence-corrected chi connectivity index (χ3v) is 3.70. The van der Waals surface area contributed by atoms with Crippen molar-refractivity contribution < 1.29 is 14.2 Å². The summed E-state index contributed by atoms with van der Waals surface area (Å²) >= 11 is 0. The SMILES string of the molecule is CCC(C)N(Cc1cccc(F)c1)CC(O)COCC(C)C. The largest absolute Gasteiger partial charge is 0.389 e. The molecule has 1 aromatic rings. The van der Waals surface area contributed by atoms with Crippen molar-refractivity contribution in [2.24, 2.45) is 5.92 Å². The van der Waals surface area contributed by atoms with Gasteiger partial charge in [0, 0.05) is 25.7 Å². The molecule has 1 N–H and O–H groups in total. The fraction of sp³-hybridized carbons (Fsp3) is 0.667. The molecule has 0 saturated heterocycles. The van der Waals surface area contributed by atoms with Crippen LogP contribution in [0.15, 0.2) is 24.3 Å². The van der Waals surface area contributed by atoms with E-state index in [9.17, 15) is 9.50 Å². The van der Waals surface area contributed by atoms with Gasteiger partial charge in [0.25, 0.3) is 0 Å². The Hall–Kier alpha value is -0.970. The molecule has 2 atom stereocenters. The number of aliphatic hydroxyl groups is 1. The van der Waals surface area contributed by atoms with Crippen molar-refractivity contribution in [3.05, 3.63) is 35.6 Å². The van der Waals surface area contributed by atoms with Crippen LogP contribution < -0.4 is 0 Å². The van der Waals surface area contributed by atoms with Crippen molar-refractivity contribution in [3.8, 4) is 0 Å². The molecule has 0 fully saturated rings. The zero-order valence-corrected chi connectivity index (χ0v) is 14.3. The van der Waals surface area contributed by atoms with Gasteiger partial charge in [-0.1, -0.05) is 32.9 Å². The summed E-state index contributed by atoms with van der Waals surface area (Å²) in [5, 5.41) is 10.2. The summed E-state index contributed by atoms with van der Waals surface area (Å²) in [7, 11) is 0. The normalized spacial score (nSPS) is 14.5. The first-order valence-electron chi connectivity index (χ1n) is 8.16. The molecule has 3 nitrogen and oxygen atoms in total. The third-order valence-electron chi connectivity index (χ3n) is 3.70. The highest BCUT2D eigenvalue weighted by Gasteiger charge is 2.17. The standard InChI is InChI=1S/C18H30FNO2/c1-5-15(4)20(10-16-7-6-8-17(19)9-16)11-18(21)13-22-12-14(2)3/h6-9,14-15,18,21H,5,10-13H2,1-4H3. The Morgan fingerprint density at radius 1 is 1.23 bits per heavy atom. The quantitative estimate of drug-likeness (QED) is 0.718. The average Bonchev–Trinajstić information content (AvgIpc) is 2.45. The summed E-state index contributed by atoms with van der Waals surface area (Å²) < 4.78 is 18.8. The Morgan fingerprint density at radius 2 is 1.95 bits per heavy atom. The summed E-state index contributed by atoms with van der Waals surface area (Å²) in [6.45, 7) is 10.6. The summed E-state index contributed by atoms with van der Waals surface area (Å²) in [5.74, 6) is 0.243. The number of halogens is 1. The van der Waals surface area contributed by atoms with Crippen LogP contribution in [0.5, 0.6) is 0 Å². The lowest BCUT2D eigenvalue weighted by atomic mass is 10.1. The Balaban J connectivity index is 2.57. The highest BCUT2D eigenvalue weighted by Crippen LogP contribution is 2.13. The van der Waals surface area contributed by atoms with Crippen LogP contribution in [0.3, 0.4) is 0 Å². The van der Waals surface area contributed by atoms with E-state index in [4.69, 9.17) is 4.74 Å². The van der Waals surface area contributed by atoms with Crippen LogP contribution in [0, 0.1) is 11.7 Å². The predicted octanol–water partition coefficient (Wildman–Crippen LogP) is 3.46. The highest BCUT2D eigenvalue weighted by molar-refractivity contribution is 5.16. The zero-order valence-electron chi connectivity index (χ0n) is 14.3. The van der Waals surface area contributed by atoms with Crippen molar-refractivity contribution in [1.82, 2.24) is 4.90 Å². The van der Waals surface area contributed by atoms with Crippen molar-refractivity contribution in [2.75, 3.05) is 19.8 Å². The van der Waals surface area contributed by atoms with Gasteiger partial charge in [-0.3, -0.25) is 4.90 Å². The second-order valence-electron chi connectivity index (χ2n) is 6.40. The number of hydrogen-bond donors (Lipinski definition) is 1. The molecule has 0 amide bonds. The van der Waals surface area contributed by atoms with Gasteiger partial charge in [-0.25, -0.2) is 4.39 Å². The molecule has 0 spiro atoms. The van der Waals surface area contributed by atoms with E-state index in [-0.39, 0.29) is 5.82 Å². The molecule has 126 valence electrons. The van der Waals surface area contributed by atoms with Gasteiger partial charge in [0.05, 0.1) is 12.7 Å². The maximum Gasteiger partial charge on any atom is 0.123 e. The van der Waals surface area contributed by atoms with E-state index >= 15 is 0 Å². The van der Waals surface area contributed by atoms with Gasteiger partial charge in [-0.05, 0) is 37.0 Å². The molecule has 0 aromatic heterocycles. The van der Waals surface area contributed by atoms with Crippen LogP contribution in [-0.4, -0.2) is 41.9 Å². The number of benzene rings is 1. The highest BCUT2D eigenvalue weighted by atomic mass is 19.1. The Kier molecular flexibility index (Phi) is 8.61. The van der Waals surface area contributed by atoms with Gasteiger partial charge < -0.3 is 9.84 Å². The second-order valence-corrected chi connectivity index (χ2v) is 6.40. The summed E-state index contributed by atoms with van der Waals surface area (Å²) in [6, 6.07) is 6.97. The van der Waals surface area contributed by atoms with Crippen LogP contribution in [-0.2, 0) is 11.3 Å². The molecule has 1 rings (SSSR count). The van der Waals surface area contributed by atoms with Gasteiger partial charge in [0.15, 0.2) is 0 Å². The number of aliphatic hydroxyl groups excluding tert-OH is 1. The monoisotopic (exact) mass is 311 g/mol. The number of rotatable bonds is 10. The average molecular weight is 311 g/mol. The maximum absolute atomic E-state index is 13.3. The molecule has 2 unspecified atom stereocenters. The molecule has 0 radical (unpaired) electrons. The Morgan fingerprint density at radius 3 is 2.55 bits per heavy atom. The van der Waals surface area contributed by atoms with Crippen LogP contribution >= 0.6 is 0 Å². The predicted molar refractivity (Wildman–Crippen MR) is 88.2 cm³/mol. The molecular weight excluding hydrogens is 281 g/mol. The smallest absolute Gasteiger partial charge is 0.123 e. The molecule has 0 aliphatic rings. The van der Waals surface area contributed by atoms with E-state index in [0.717, 1.165) is 12.0 Å². The van der Waals surface area contributed by atoms with Crippen LogP contribution in [0.4, 0.5) is 4.39 Å². The second kappa shape index (κ2) is 9.93. The Bertz CT molecular complexity index is 425. The van der Waals surface area contributed by atoms with Gasteiger partial charge >= 0.3 is 0 Å². The van der Waals surface area contributed by atoms with Crippen LogP contribution in [0.25, 0.3) is 0 Å². The summed E-state index contributed by atoms with van der Waals surface area (Å²) in [6.07, 6.45) is 0.454. The zero-order chi connectivity index (χ0) is 16.5. The van der Waals surface area contributed by atoms with Gasteiger partial charge in [-0.2, -0.15) is 0 Å². The van der Waals surface area contributed by atoms with Crippen molar-refractivity contribution in [1.29, 1.82) is 0 Å². The van der Waals surface area contributed by atoms with E-state index < -0.39 is 6.10 Å². The minimum Gasteiger partial charge on any atom is -0.389 e. The van der Waals surface area contributed by atoms with Crippen LogP contribution in [0.1, 0.15) is 39.7 Å². The lowest BCUT2D eigenvalue weighted by molar-refractivity contribution is 0.000110. The molecular formula is C18H30FNO2. The minimum atomic E-state index is -0.527. The topological polar surface area (TPSA) is 32.7 Å². The number of hydrogen-bond acceptors (Lipinski definition) is 3. The van der Waals surface area contributed by atoms with Crippen LogP contribution in [0.2, 0.25) is 0 Å². The fourth-order valence-electron chi connectivity index (χ4n) is 2.29. The first-order valence-corrected chi connectivity index (χ1v) is 8.16. The van der Waals surface area contributed by atoms with E-state index in [1.807, 2.05) is 6.07 Å². The first kappa shape index (κ1) is 19.1. The van der Waals surface area contributed by atoms with Crippen molar-refractivity contribution >= 4 is 0 Å². The number of ether oxygens (including phenoxy) is 1. The lowest BCUT2D eigenvalue weighted by Gasteiger charge is -2.30. The number of nitrogens with zero attached hydrogens (tertiary/aromatic N) is 1. The van der Waals surface area contributed by atoms with Crippen molar-refractivity contribution in [3.63, 3.8) is 0 Å². The lowest BCUT2D eigenvalue weighted by Crippen LogP contribution is -2.40. The molecule has 4 heteroatoms. The first-order chi connectivity index (χ1) is 10.4. The summed E-state index contributed by atoms with van der Waals surface area (Å²) in [4.78, 5) is 2.18. The van der Waals surface area contributed by atoms with E-state index in [1.165, 1.54) is 6.07 Å². The molecule has 0 aliphatic carbocycles. The molecule has 0 saturated carbocycles. The van der Waals surface area contributed by atoms with Gasteiger partial charge in [0.2, 0.25) is 0 Å². The molecule has 22 heavy (non-hydrogen) atoms. The summed E-state index contributed by atoms with van der Waals surface area (Å²) in [5.41, 5.74) is 0.926. The maximum atomic E-state index is 13.3. The molecule has 0 bridgehead atoms. The molecule has 0 aliphatic heterocycles. The Labute approximate surface area is 134 Å². The van der Waals surface area contributed by atoms with Crippen molar-refractivity contribution in [2.45, 2.75) is 52.8 Å². The molecule has 0 heterocycles. The van der Waals surface area contributed by atoms with Gasteiger partial charge in [0.1, 0.15) is 5.82 Å².